The van der Waals surface area contributed by atoms with Crippen molar-refractivity contribution in [2.24, 2.45) is 0 Å². The molecule has 0 spiro atoms. The zero-order valence-electron chi connectivity index (χ0n) is 11.0. The minimum Gasteiger partial charge on any atom is -0.420 e. The molecule has 0 aliphatic heterocycles. The first kappa shape index (κ1) is 16.0. The second kappa shape index (κ2) is 6.41. The largest absolute Gasteiger partial charge is 0.420 e. The SMILES string of the molecule is CC(=O)OC(OC(C)=O)c1ccc([N+](=O)[O-])cc1[N+](=O)[O-]. The standard InChI is InChI=1S/C11H10N2O8/c1-6(14)20-11(21-7(2)15)9-4-3-8(12(16)17)5-10(9)13(18)19/h3-5,11H,1-2H3. The van der Waals surface area contributed by atoms with Gasteiger partial charge in [-0.05, 0) is 6.07 Å². The molecule has 10 nitrogen and oxygen atoms in total. The average molecular weight is 298 g/mol. The number of rotatable bonds is 5. The third-order valence-corrected chi connectivity index (χ3v) is 2.22. The molecule has 0 aliphatic rings. The topological polar surface area (TPSA) is 139 Å². The zero-order chi connectivity index (χ0) is 16.2. The average Bonchev–Trinajstić information content (AvgIpc) is 2.35. The van der Waals surface area contributed by atoms with Crippen LogP contribution >= 0.6 is 0 Å². The van der Waals surface area contributed by atoms with Crippen LogP contribution in [0.3, 0.4) is 0 Å². The lowest BCUT2D eigenvalue weighted by Crippen LogP contribution is -2.16. The monoisotopic (exact) mass is 298 g/mol. The number of carbonyl (C=O) groups excluding carboxylic acids is 2. The molecule has 1 aromatic rings. The van der Waals surface area contributed by atoms with Crippen molar-refractivity contribution >= 4 is 23.3 Å². The molecular formula is C11H10N2O8. The summed E-state index contributed by atoms with van der Waals surface area (Å²) in [4.78, 5) is 41.8. The first-order valence-electron chi connectivity index (χ1n) is 5.49. The van der Waals surface area contributed by atoms with Gasteiger partial charge in [0.15, 0.2) is 0 Å². The Morgan fingerprint density at radius 3 is 1.95 bits per heavy atom. The van der Waals surface area contributed by atoms with Gasteiger partial charge in [-0.15, -0.1) is 0 Å². The third kappa shape index (κ3) is 4.23. The van der Waals surface area contributed by atoms with Crippen LogP contribution in [0, 0.1) is 20.2 Å². The van der Waals surface area contributed by atoms with Crippen LogP contribution in [0.25, 0.3) is 0 Å². The van der Waals surface area contributed by atoms with Crippen molar-refractivity contribution in [3.63, 3.8) is 0 Å². The van der Waals surface area contributed by atoms with E-state index in [-0.39, 0.29) is 5.56 Å². The van der Waals surface area contributed by atoms with Crippen molar-refractivity contribution in [2.45, 2.75) is 20.1 Å². The normalized spacial score (nSPS) is 10.0. The summed E-state index contributed by atoms with van der Waals surface area (Å²) in [7, 11) is 0. The molecular weight excluding hydrogens is 288 g/mol. The van der Waals surface area contributed by atoms with E-state index in [1.807, 2.05) is 0 Å². The Bertz CT molecular complexity index is 596. The van der Waals surface area contributed by atoms with E-state index in [4.69, 9.17) is 0 Å². The van der Waals surface area contributed by atoms with Gasteiger partial charge in [0.05, 0.1) is 15.9 Å². The van der Waals surface area contributed by atoms with Gasteiger partial charge in [-0.2, -0.15) is 0 Å². The number of nitro benzene ring substituents is 2. The Morgan fingerprint density at radius 2 is 1.57 bits per heavy atom. The number of nitro groups is 2. The first-order chi connectivity index (χ1) is 9.72. The van der Waals surface area contributed by atoms with E-state index in [1.54, 1.807) is 0 Å². The summed E-state index contributed by atoms with van der Waals surface area (Å²) in [5.41, 5.74) is -1.50. The quantitative estimate of drug-likeness (QED) is 0.346. The number of carbonyl (C=O) groups is 2. The smallest absolute Gasteiger partial charge is 0.305 e. The zero-order valence-corrected chi connectivity index (χ0v) is 11.0. The molecule has 10 heteroatoms. The summed E-state index contributed by atoms with van der Waals surface area (Å²) in [6, 6.07) is 2.66. The molecule has 0 N–H and O–H groups in total. The van der Waals surface area contributed by atoms with Crippen LogP contribution in [-0.2, 0) is 19.1 Å². The molecule has 112 valence electrons. The highest BCUT2D eigenvalue weighted by Gasteiger charge is 2.29. The number of esters is 2. The van der Waals surface area contributed by atoms with Gasteiger partial charge in [0.1, 0.15) is 5.56 Å². The highest BCUT2D eigenvalue weighted by molar-refractivity contribution is 5.69. The Balaban J connectivity index is 3.35. The highest BCUT2D eigenvalue weighted by Crippen LogP contribution is 2.32. The van der Waals surface area contributed by atoms with Gasteiger partial charge in [0.2, 0.25) is 0 Å². The van der Waals surface area contributed by atoms with Crippen molar-refractivity contribution in [3.8, 4) is 0 Å². The first-order valence-corrected chi connectivity index (χ1v) is 5.49. The van der Waals surface area contributed by atoms with E-state index in [0.717, 1.165) is 26.0 Å². The van der Waals surface area contributed by atoms with E-state index in [2.05, 4.69) is 9.47 Å². The van der Waals surface area contributed by atoms with Crippen molar-refractivity contribution < 1.29 is 28.9 Å². The molecule has 0 aliphatic carbocycles. The van der Waals surface area contributed by atoms with E-state index in [9.17, 15) is 29.8 Å². The predicted molar refractivity (Wildman–Crippen MR) is 66.0 cm³/mol. The second-order valence-electron chi connectivity index (χ2n) is 3.81. The van der Waals surface area contributed by atoms with Gasteiger partial charge in [-0.3, -0.25) is 29.8 Å². The Hall–Kier alpha value is -3.04. The van der Waals surface area contributed by atoms with E-state index >= 15 is 0 Å². The Morgan fingerprint density at radius 1 is 1.05 bits per heavy atom. The van der Waals surface area contributed by atoms with Gasteiger partial charge in [-0.25, -0.2) is 0 Å². The number of ether oxygens (including phenoxy) is 2. The van der Waals surface area contributed by atoms with E-state index in [1.165, 1.54) is 0 Å². The summed E-state index contributed by atoms with van der Waals surface area (Å²) in [6.45, 7) is 2.04. The van der Waals surface area contributed by atoms with E-state index in [0.29, 0.717) is 6.07 Å². The molecule has 0 unspecified atom stereocenters. The van der Waals surface area contributed by atoms with Crippen molar-refractivity contribution in [2.75, 3.05) is 0 Å². The van der Waals surface area contributed by atoms with Crippen molar-refractivity contribution in [1.29, 1.82) is 0 Å². The fourth-order valence-corrected chi connectivity index (χ4v) is 1.46. The molecule has 0 saturated heterocycles. The molecule has 1 aromatic carbocycles. The molecule has 0 radical (unpaired) electrons. The van der Waals surface area contributed by atoms with Gasteiger partial charge < -0.3 is 9.47 Å². The van der Waals surface area contributed by atoms with Crippen LogP contribution in [0.5, 0.6) is 0 Å². The van der Waals surface area contributed by atoms with Crippen LogP contribution in [0.2, 0.25) is 0 Å². The van der Waals surface area contributed by atoms with Gasteiger partial charge in [0, 0.05) is 19.9 Å². The molecule has 21 heavy (non-hydrogen) atoms. The van der Waals surface area contributed by atoms with Crippen molar-refractivity contribution in [1.82, 2.24) is 0 Å². The van der Waals surface area contributed by atoms with Crippen LogP contribution in [0.4, 0.5) is 11.4 Å². The maximum atomic E-state index is 11.0. The van der Waals surface area contributed by atoms with Gasteiger partial charge in [-0.1, -0.05) is 0 Å². The van der Waals surface area contributed by atoms with E-state index < -0.39 is 39.5 Å². The third-order valence-electron chi connectivity index (χ3n) is 2.22. The minimum absolute atomic E-state index is 0.281. The fraction of sp³-hybridized carbons (Fsp3) is 0.273. The lowest BCUT2D eigenvalue weighted by atomic mass is 10.1. The lowest BCUT2D eigenvalue weighted by Gasteiger charge is -2.16. The Labute approximate surface area is 117 Å². The van der Waals surface area contributed by atoms with Gasteiger partial charge in [0.25, 0.3) is 17.7 Å². The summed E-state index contributed by atoms with van der Waals surface area (Å²) in [5, 5.41) is 21.6. The maximum Gasteiger partial charge on any atom is 0.305 e. The fourth-order valence-electron chi connectivity index (χ4n) is 1.46. The predicted octanol–water partition coefficient (Wildman–Crippen LogP) is 1.63. The lowest BCUT2D eigenvalue weighted by molar-refractivity contribution is -0.395. The summed E-state index contributed by atoms with van der Waals surface area (Å²) in [6.07, 6.45) is -1.65. The highest BCUT2D eigenvalue weighted by atomic mass is 16.7. The molecule has 0 heterocycles. The summed E-state index contributed by atoms with van der Waals surface area (Å²) < 4.78 is 9.36. The number of benzene rings is 1. The van der Waals surface area contributed by atoms with Crippen LogP contribution in [0.15, 0.2) is 18.2 Å². The van der Waals surface area contributed by atoms with Crippen LogP contribution in [-0.4, -0.2) is 21.8 Å². The summed E-state index contributed by atoms with van der Waals surface area (Å²) in [5.74, 6) is -1.68. The van der Waals surface area contributed by atoms with Crippen molar-refractivity contribution in [3.05, 3.63) is 44.0 Å². The number of hydrogen-bond donors (Lipinski definition) is 0. The molecule has 0 saturated carbocycles. The summed E-state index contributed by atoms with van der Waals surface area (Å²) >= 11 is 0. The number of non-ortho nitro benzene ring substituents is 1. The maximum absolute atomic E-state index is 11.0. The molecule has 0 bridgehead atoms. The van der Waals surface area contributed by atoms with Gasteiger partial charge >= 0.3 is 11.9 Å². The molecule has 0 amide bonds. The molecule has 0 atom stereocenters. The van der Waals surface area contributed by atoms with Crippen LogP contribution < -0.4 is 0 Å². The molecule has 0 aromatic heterocycles. The number of nitrogens with zero attached hydrogens (tertiary/aromatic N) is 2. The molecule has 0 fully saturated rings. The Kier molecular flexibility index (Phi) is 4.89. The van der Waals surface area contributed by atoms with Crippen LogP contribution in [0.1, 0.15) is 25.7 Å². The molecule has 1 rings (SSSR count). The minimum atomic E-state index is -1.65. The number of hydrogen-bond acceptors (Lipinski definition) is 8. The second-order valence-corrected chi connectivity index (χ2v) is 3.81.